The van der Waals surface area contributed by atoms with E-state index in [0.29, 0.717) is 17.9 Å². The van der Waals surface area contributed by atoms with Crippen molar-refractivity contribution in [3.8, 4) is 5.75 Å². The second kappa shape index (κ2) is 7.06. The first kappa shape index (κ1) is 14.6. The van der Waals surface area contributed by atoms with Crippen molar-refractivity contribution < 1.29 is 14.2 Å². The van der Waals surface area contributed by atoms with Crippen molar-refractivity contribution in [3.05, 3.63) is 17.9 Å². The predicted molar refractivity (Wildman–Crippen MR) is 71.4 cm³/mol. The number of hydrogen-bond donors (Lipinski definition) is 3. The van der Waals surface area contributed by atoms with E-state index in [0.717, 1.165) is 12.8 Å². The number of ether oxygens (including phenoxy) is 1. The fourth-order valence-electron chi connectivity index (χ4n) is 1.53. The second-order valence-corrected chi connectivity index (χ2v) is 4.39. The third kappa shape index (κ3) is 4.41. The number of aliphatic hydroxyl groups is 1. The fraction of sp³-hybridized carbons (Fsp3) is 0.538. The van der Waals surface area contributed by atoms with Gasteiger partial charge in [0.15, 0.2) is 11.6 Å². The molecule has 4 N–H and O–H groups in total. The van der Waals surface area contributed by atoms with Crippen LogP contribution in [0.15, 0.2) is 12.1 Å². The molecule has 1 aromatic carbocycles. The number of nitrogen functional groups attached to an aromatic ring is 1. The summed E-state index contributed by atoms with van der Waals surface area (Å²) in [6, 6.07) is 2.83. The van der Waals surface area contributed by atoms with Gasteiger partial charge in [0.1, 0.15) is 0 Å². The Bertz CT molecular complexity index is 383. The van der Waals surface area contributed by atoms with Crippen LogP contribution in [0.1, 0.15) is 26.7 Å². The minimum Gasteiger partial charge on any atom is -0.488 e. The molecule has 0 bridgehead atoms. The standard InChI is InChI=1S/C13H21FN2O2/c1-9(2)18-13-8-12(11(15)7-10(13)14)16-5-3-4-6-17/h7-9,16-17H,3-6,15H2,1-2H3. The van der Waals surface area contributed by atoms with Crippen LogP contribution in [-0.2, 0) is 0 Å². The van der Waals surface area contributed by atoms with Gasteiger partial charge >= 0.3 is 0 Å². The molecule has 0 saturated heterocycles. The molecule has 0 amide bonds. The molecule has 0 aliphatic heterocycles. The molecular formula is C13H21FN2O2. The lowest BCUT2D eigenvalue weighted by Gasteiger charge is -2.15. The Kier molecular flexibility index (Phi) is 5.71. The van der Waals surface area contributed by atoms with Crippen LogP contribution < -0.4 is 15.8 Å². The smallest absolute Gasteiger partial charge is 0.167 e. The number of nitrogens with one attached hydrogen (secondary N) is 1. The molecule has 18 heavy (non-hydrogen) atoms. The minimum atomic E-state index is -0.456. The number of benzene rings is 1. The van der Waals surface area contributed by atoms with Crippen LogP contribution in [0, 0.1) is 5.82 Å². The largest absolute Gasteiger partial charge is 0.488 e. The van der Waals surface area contributed by atoms with Crippen molar-refractivity contribution in [1.82, 2.24) is 0 Å². The van der Waals surface area contributed by atoms with Gasteiger partial charge in [0.2, 0.25) is 0 Å². The molecule has 0 saturated carbocycles. The maximum absolute atomic E-state index is 13.6. The van der Waals surface area contributed by atoms with Crippen molar-refractivity contribution in [2.75, 3.05) is 24.2 Å². The van der Waals surface area contributed by atoms with Crippen LogP contribution in [-0.4, -0.2) is 24.4 Å². The van der Waals surface area contributed by atoms with Crippen molar-refractivity contribution in [2.24, 2.45) is 0 Å². The van der Waals surface area contributed by atoms with Crippen LogP contribution in [0.3, 0.4) is 0 Å². The number of anilines is 2. The van der Waals surface area contributed by atoms with Gasteiger partial charge in [-0.2, -0.15) is 0 Å². The summed E-state index contributed by atoms with van der Waals surface area (Å²) in [5, 5.41) is 11.8. The van der Waals surface area contributed by atoms with Crippen LogP contribution in [0.4, 0.5) is 15.8 Å². The number of aliphatic hydroxyl groups excluding tert-OH is 1. The van der Waals surface area contributed by atoms with Crippen molar-refractivity contribution in [3.63, 3.8) is 0 Å². The average molecular weight is 256 g/mol. The van der Waals surface area contributed by atoms with E-state index in [9.17, 15) is 4.39 Å². The third-order valence-corrected chi connectivity index (χ3v) is 2.37. The van der Waals surface area contributed by atoms with E-state index >= 15 is 0 Å². The van der Waals surface area contributed by atoms with Gasteiger partial charge in [0.05, 0.1) is 17.5 Å². The molecule has 0 aromatic heterocycles. The number of unbranched alkanes of at least 4 members (excludes halogenated alkanes) is 1. The van der Waals surface area contributed by atoms with E-state index in [1.54, 1.807) is 6.07 Å². The molecule has 0 atom stereocenters. The summed E-state index contributed by atoms with van der Waals surface area (Å²) >= 11 is 0. The van der Waals surface area contributed by atoms with Crippen molar-refractivity contribution in [2.45, 2.75) is 32.8 Å². The normalized spacial score (nSPS) is 10.7. The Morgan fingerprint density at radius 3 is 2.72 bits per heavy atom. The molecule has 0 aliphatic rings. The molecule has 4 nitrogen and oxygen atoms in total. The van der Waals surface area contributed by atoms with Gasteiger partial charge < -0.3 is 20.9 Å². The summed E-state index contributed by atoms with van der Waals surface area (Å²) in [7, 11) is 0. The summed E-state index contributed by atoms with van der Waals surface area (Å²) in [6.45, 7) is 4.52. The Morgan fingerprint density at radius 1 is 1.39 bits per heavy atom. The molecule has 0 spiro atoms. The highest BCUT2D eigenvalue weighted by Gasteiger charge is 2.10. The lowest BCUT2D eigenvalue weighted by Crippen LogP contribution is -2.10. The summed E-state index contributed by atoms with van der Waals surface area (Å²) in [6.07, 6.45) is 1.46. The SMILES string of the molecule is CC(C)Oc1cc(NCCCCO)c(N)cc1F. The molecule has 0 fully saturated rings. The maximum Gasteiger partial charge on any atom is 0.167 e. The van der Waals surface area contributed by atoms with E-state index in [1.807, 2.05) is 13.8 Å². The van der Waals surface area contributed by atoms with Crippen molar-refractivity contribution >= 4 is 11.4 Å². The van der Waals surface area contributed by atoms with Gasteiger partial charge in [0, 0.05) is 25.3 Å². The summed E-state index contributed by atoms with van der Waals surface area (Å²) in [5.74, 6) is -0.258. The maximum atomic E-state index is 13.6. The summed E-state index contributed by atoms with van der Waals surface area (Å²) < 4.78 is 18.9. The zero-order valence-electron chi connectivity index (χ0n) is 10.9. The topological polar surface area (TPSA) is 67.5 Å². The molecule has 1 aromatic rings. The van der Waals surface area contributed by atoms with E-state index in [2.05, 4.69) is 5.32 Å². The molecule has 0 unspecified atom stereocenters. The molecule has 0 heterocycles. The zero-order chi connectivity index (χ0) is 13.5. The second-order valence-electron chi connectivity index (χ2n) is 4.39. The van der Waals surface area contributed by atoms with E-state index < -0.39 is 5.82 Å². The number of hydrogen-bond acceptors (Lipinski definition) is 4. The zero-order valence-corrected chi connectivity index (χ0v) is 10.9. The summed E-state index contributed by atoms with van der Waals surface area (Å²) in [4.78, 5) is 0. The number of halogens is 1. The van der Waals surface area contributed by atoms with Gasteiger partial charge in [0.25, 0.3) is 0 Å². The van der Waals surface area contributed by atoms with Gasteiger partial charge in [-0.05, 0) is 26.7 Å². The molecule has 5 heteroatoms. The fourth-order valence-corrected chi connectivity index (χ4v) is 1.53. The highest BCUT2D eigenvalue weighted by Crippen LogP contribution is 2.28. The van der Waals surface area contributed by atoms with Gasteiger partial charge in [-0.3, -0.25) is 0 Å². The first-order valence-corrected chi connectivity index (χ1v) is 6.15. The predicted octanol–water partition coefficient (Wildman–Crippen LogP) is 2.38. The van der Waals surface area contributed by atoms with Crippen molar-refractivity contribution in [1.29, 1.82) is 0 Å². The quantitative estimate of drug-likeness (QED) is 0.517. The third-order valence-electron chi connectivity index (χ3n) is 2.37. The van der Waals surface area contributed by atoms with Crippen LogP contribution in [0.5, 0.6) is 5.75 Å². The molecule has 0 aliphatic carbocycles. The number of rotatable bonds is 7. The highest BCUT2D eigenvalue weighted by atomic mass is 19.1. The first-order chi connectivity index (χ1) is 8.54. The molecule has 102 valence electrons. The lowest BCUT2D eigenvalue weighted by molar-refractivity contribution is 0.231. The van der Waals surface area contributed by atoms with Crippen LogP contribution in [0.2, 0.25) is 0 Å². The Labute approximate surface area is 107 Å². The van der Waals surface area contributed by atoms with Gasteiger partial charge in [-0.25, -0.2) is 4.39 Å². The monoisotopic (exact) mass is 256 g/mol. The highest BCUT2D eigenvalue weighted by molar-refractivity contribution is 5.68. The number of nitrogens with two attached hydrogens (primary N) is 1. The molecule has 1 rings (SSSR count). The Morgan fingerprint density at radius 2 is 2.11 bits per heavy atom. The van der Waals surface area contributed by atoms with Crippen LogP contribution in [0.25, 0.3) is 0 Å². The molecule has 0 radical (unpaired) electrons. The molecular weight excluding hydrogens is 235 g/mol. The van der Waals surface area contributed by atoms with E-state index in [-0.39, 0.29) is 18.5 Å². The first-order valence-electron chi connectivity index (χ1n) is 6.15. The Hall–Kier alpha value is -1.49. The minimum absolute atomic E-state index is 0.0923. The summed E-state index contributed by atoms with van der Waals surface area (Å²) in [5.41, 5.74) is 6.74. The van der Waals surface area contributed by atoms with Crippen LogP contribution >= 0.6 is 0 Å². The Balaban J connectivity index is 2.71. The lowest BCUT2D eigenvalue weighted by atomic mass is 10.2. The van der Waals surface area contributed by atoms with Gasteiger partial charge in [-0.15, -0.1) is 0 Å². The average Bonchev–Trinajstić information content (AvgIpc) is 2.29. The van der Waals surface area contributed by atoms with E-state index in [1.165, 1.54) is 6.07 Å². The van der Waals surface area contributed by atoms with Gasteiger partial charge in [-0.1, -0.05) is 0 Å². The van der Waals surface area contributed by atoms with E-state index in [4.69, 9.17) is 15.6 Å².